The Morgan fingerprint density at radius 3 is 2.85 bits per heavy atom. The maximum atomic E-state index is 13.7. The Morgan fingerprint density at radius 1 is 1.27 bits per heavy atom. The first kappa shape index (κ1) is 18.4. The lowest BCUT2D eigenvalue weighted by atomic mass is 10.1. The fraction of sp³-hybridized carbons (Fsp3) is 0.167. The number of hydrogen-bond donors (Lipinski definition) is 1. The standard InChI is InChI=1S/C18H15ClFN3O2S/c1-11(12-5-4-6-13(19)9-12)21-16(24)10-26-18-23-22-17(25-18)14-7-2-3-8-15(14)20/h2-9,11H,10H2,1H3,(H,21,24)/t11-/m0/s1. The van der Waals surface area contributed by atoms with Crippen molar-refractivity contribution in [3.8, 4) is 11.5 Å². The summed E-state index contributed by atoms with van der Waals surface area (Å²) in [5.41, 5.74) is 1.14. The van der Waals surface area contributed by atoms with Crippen molar-refractivity contribution in [1.82, 2.24) is 15.5 Å². The third kappa shape index (κ3) is 4.62. The summed E-state index contributed by atoms with van der Waals surface area (Å²) < 4.78 is 19.1. The first-order chi connectivity index (χ1) is 12.5. The van der Waals surface area contributed by atoms with Gasteiger partial charge in [0.25, 0.3) is 11.1 Å². The van der Waals surface area contributed by atoms with Crippen LogP contribution in [0.5, 0.6) is 0 Å². The van der Waals surface area contributed by atoms with Gasteiger partial charge < -0.3 is 9.73 Å². The van der Waals surface area contributed by atoms with E-state index in [1.165, 1.54) is 6.07 Å². The van der Waals surface area contributed by atoms with Crippen LogP contribution in [0, 0.1) is 5.82 Å². The molecule has 3 aromatic rings. The van der Waals surface area contributed by atoms with Gasteiger partial charge in [0, 0.05) is 5.02 Å². The molecule has 2 aromatic carbocycles. The van der Waals surface area contributed by atoms with Gasteiger partial charge in [-0.25, -0.2) is 4.39 Å². The summed E-state index contributed by atoms with van der Waals surface area (Å²) in [6, 6.07) is 13.2. The van der Waals surface area contributed by atoms with E-state index in [1.807, 2.05) is 19.1 Å². The van der Waals surface area contributed by atoms with Gasteiger partial charge in [-0.05, 0) is 36.8 Å². The molecule has 134 valence electrons. The van der Waals surface area contributed by atoms with Crippen LogP contribution in [0.1, 0.15) is 18.5 Å². The van der Waals surface area contributed by atoms with Crippen molar-refractivity contribution in [3.05, 3.63) is 64.9 Å². The van der Waals surface area contributed by atoms with Crippen LogP contribution in [0.25, 0.3) is 11.5 Å². The third-order valence-corrected chi connectivity index (χ3v) is 4.62. The molecule has 0 aliphatic carbocycles. The topological polar surface area (TPSA) is 68.0 Å². The molecule has 5 nitrogen and oxygen atoms in total. The molecule has 26 heavy (non-hydrogen) atoms. The molecule has 0 aliphatic rings. The Kier molecular flexibility index (Phi) is 5.90. The van der Waals surface area contributed by atoms with Gasteiger partial charge in [0.15, 0.2) is 0 Å². The molecule has 0 unspecified atom stereocenters. The molecule has 0 saturated heterocycles. The van der Waals surface area contributed by atoms with Crippen LogP contribution in [0.15, 0.2) is 58.2 Å². The number of nitrogens with zero attached hydrogens (tertiary/aromatic N) is 2. The number of rotatable bonds is 6. The van der Waals surface area contributed by atoms with E-state index in [2.05, 4.69) is 15.5 Å². The number of carbonyl (C=O) groups excluding carboxylic acids is 1. The molecule has 1 aromatic heterocycles. The van der Waals surface area contributed by atoms with Crippen LogP contribution in [0.3, 0.4) is 0 Å². The van der Waals surface area contributed by atoms with Crippen molar-refractivity contribution in [3.63, 3.8) is 0 Å². The molecule has 8 heteroatoms. The minimum Gasteiger partial charge on any atom is -0.411 e. The zero-order chi connectivity index (χ0) is 18.5. The van der Waals surface area contributed by atoms with E-state index in [-0.39, 0.29) is 34.4 Å². The van der Waals surface area contributed by atoms with Gasteiger partial charge in [-0.3, -0.25) is 4.79 Å². The third-order valence-electron chi connectivity index (χ3n) is 3.56. The summed E-state index contributed by atoms with van der Waals surface area (Å²) in [5.74, 6) is -0.448. The molecule has 3 rings (SSSR count). The lowest BCUT2D eigenvalue weighted by molar-refractivity contribution is -0.119. The summed E-state index contributed by atoms with van der Waals surface area (Å²) in [6.45, 7) is 1.87. The smallest absolute Gasteiger partial charge is 0.277 e. The van der Waals surface area contributed by atoms with E-state index >= 15 is 0 Å². The van der Waals surface area contributed by atoms with Gasteiger partial charge in [0.05, 0.1) is 17.4 Å². The molecular weight excluding hydrogens is 377 g/mol. The van der Waals surface area contributed by atoms with Crippen molar-refractivity contribution in [1.29, 1.82) is 0 Å². The molecule has 1 atom stereocenters. The normalized spacial score (nSPS) is 12.0. The number of carbonyl (C=O) groups is 1. The molecule has 1 amide bonds. The lowest BCUT2D eigenvalue weighted by Crippen LogP contribution is -2.28. The summed E-state index contributed by atoms with van der Waals surface area (Å²) in [6.07, 6.45) is 0. The highest BCUT2D eigenvalue weighted by Gasteiger charge is 2.15. The van der Waals surface area contributed by atoms with Gasteiger partial charge >= 0.3 is 0 Å². The largest absolute Gasteiger partial charge is 0.411 e. The van der Waals surface area contributed by atoms with E-state index in [4.69, 9.17) is 16.0 Å². The van der Waals surface area contributed by atoms with E-state index in [9.17, 15) is 9.18 Å². The molecule has 0 radical (unpaired) electrons. The lowest BCUT2D eigenvalue weighted by Gasteiger charge is -2.14. The van der Waals surface area contributed by atoms with Crippen molar-refractivity contribution in [2.75, 3.05) is 5.75 Å². The van der Waals surface area contributed by atoms with Crippen LogP contribution >= 0.6 is 23.4 Å². The van der Waals surface area contributed by atoms with Crippen LogP contribution in [-0.4, -0.2) is 21.9 Å². The molecule has 1 N–H and O–H groups in total. The van der Waals surface area contributed by atoms with E-state index < -0.39 is 5.82 Å². The van der Waals surface area contributed by atoms with Crippen LogP contribution in [-0.2, 0) is 4.79 Å². The minimum atomic E-state index is -0.444. The molecule has 0 fully saturated rings. The Morgan fingerprint density at radius 2 is 2.08 bits per heavy atom. The summed E-state index contributed by atoms with van der Waals surface area (Å²) in [7, 11) is 0. The monoisotopic (exact) mass is 391 g/mol. The Balaban J connectivity index is 1.56. The number of nitrogens with one attached hydrogen (secondary N) is 1. The fourth-order valence-corrected chi connectivity index (χ4v) is 3.05. The van der Waals surface area contributed by atoms with Gasteiger partial charge in [0.2, 0.25) is 5.91 Å². The summed E-state index contributed by atoms with van der Waals surface area (Å²) in [4.78, 5) is 12.1. The molecular formula is C18H15ClFN3O2S. The number of hydrogen-bond acceptors (Lipinski definition) is 5. The summed E-state index contributed by atoms with van der Waals surface area (Å²) in [5, 5.41) is 11.3. The van der Waals surface area contributed by atoms with E-state index in [0.717, 1.165) is 17.3 Å². The van der Waals surface area contributed by atoms with Crippen molar-refractivity contribution >= 4 is 29.3 Å². The van der Waals surface area contributed by atoms with Gasteiger partial charge in [0.1, 0.15) is 5.82 Å². The molecule has 0 bridgehead atoms. The van der Waals surface area contributed by atoms with Gasteiger partial charge in [-0.15, -0.1) is 10.2 Å². The average molecular weight is 392 g/mol. The Hall–Kier alpha value is -2.38. The second-order valence-corrected chi connectivity index (χ2v) is 6.85. The fourth-order valence-electron chi connectivity index (χ4n) is 2.28. The van der Waals surface area contributed by atoms with Crippen molar-refractivity contribution < 1.29 is 13.6 Å². The second-order valence-electron chi connectivity index (χ2n) is 5.49. The van der Waals surface area contributed by atoms with Crippen molar-refractivity contribution in [2.24, 2.45) is 0 Å². The number of thioether (sulfide) groups is 1. The highest BCUT2D eigenvalue weighted by Crippen LogP contribution is 2.25. The van der Waals surface area contributed by atoms with Gasteiger partial charge in [-0.1, -0.05) is 47.6 Å². The number of halogens is 2. The van der Waals surface area contributed by atoms with Crippen LogP contribution in [0.2, 0.25) is 5.02 Å². The Bertz CT molecular complexity index is 919. The quantitative estimate of drug-likeness (QED) is 0.626. The predicted octanol–water partition coefficient (Wildman–Crippen LogP) is 4.50. The zero-order valence-corrected chi connectivity index (χ0v) is 15.4. The van der Waals surface area contributed by atoms with E-state index in [0.29, 0.717) is 5.02 Å². The highest BCUT2D eigenvalue weighted by molar-refractivity contribution is 7.99. The zero-order valence-electron chi connectivity index (χ0n) is 13.8. The highest BCUT2D eigenvalue weighted by atomic mass is 35.5. The number of aromatic nitrogens is 2. The molecule has 0 spiro atoms. The molecule has 0 aliphatic heterocycles. The average Bonchev–Trinajstić information content (AvgIpc) is 3.09. The molecule has 0 saturated carbocycles. The minimum absolute atomic E-state index is 0.0818. The molecule has 1 heterocycles. The van der Waals surface area contributed by atoms with Crippen LogP contribution < -0.4 is 5.32 Å². The maximum absolute atomic E-state index is 13.7. The van der Waals surface area contributed by atoms with E-state index in [1.54, 1.807) is 30.3 Å². The predicted molar refractivity (Wildman–Crippen MR) is 98.4 cm³/mol. The number of amides is 1. The summed E-state index contributed by atoms with van der Waals surface area (Å²) >= 11 is 7.05. The number of benzene rings is 2. The Labute approximate surface area is 159 Å². The second kappa shape index (κ2) is 8.33. The first-order valence-electron chi connectivity index (χ1n) is 7.79. The maximum Gasteiger partial charge on any atom is 0.277 e. The van der Waals surface area contributed by atoms with Gasteiger partial charge in [-0.2, -0.15) is 0 Å². The van der Waals surface area contributed by atoms with Crippen LogP contribution in [0.4, 0.5) is 4.39 Å². The van der Waals surface area contributed by atoms with Crippen molar-refractivity contribution in [2.45, 2.75) is 18.2 Å². The first-order valence-corrected chi connectivity index (χ1v) is 9.15. The SMILES string of the molecule is C[C@H](NC(=O)CSc1nnc(-c2ccccc2F)o1)c1cccc(Cl)c1.